The molecule has 0 spiro atoms. The van der Waals surface area contributed by atoms with E-state index < -0.39 is 0 Å². The van der Waals surface area contributed by atoms with Crippen LogP contribution in [0, 0.1) is 0 Å². The third-order valence-corrected chi connectivity index (χ3v) is 10.1. The van der Waals surface area contributed by atoms with E-state index in [0.717, 1.165) is 78.5 Å². The first-order chi connectivity index (χ1) is 26.8. The molecule has 2 heterocycles. The molecule has 254 valence electrons. The number of benzene rings is 8. The Hall–Kier alpha value is -7.30. The average molecular weight is 692 g/mol. The Labute approximate surface area is 314 Å². The van der Waals surface area contributed by atoms with E-state index in [2.05, 4.69) is 169 Å². The first-order valence-corrected chi connectivity index (χ1v) is 18.2. The number of hydrogen-bond acceptors (Lipinski definition) is 4. The minimum atomic E-state index is 0.619. The number of aromatic nitrogens is 2. The Morgan fingerprint density at radius 3 is 1.56 bits per heavy atom. The SMILES string of the molecule is c1ccc(-c2ccc(N(c3ccccc3)c3ccc4c5c(cccc35)-c3cccc(-c5nc(-c6ccccc6)cc(-c6ccccc6)n5)c3O4)cc2)cc1. The smallest absolute Gasteiger partial charge is 0.164 e. The average Bonchev–Trinajstić information content (AvgIpc) is 3.26. The number of rotatable bonds is 7. The van der Waals surface area contributed by atoms with Gasteiger partial charge < -0.3 is 9.64 Å². The summed E-state index contributed by atoms with van der Waals surface area (Å²) in [5.41, 5.74) is 12.4. The van der Waals surface area contributed by atoms with E-state index in [1.54, 1.807) is 0 Å². The molecule has 1 aliphatic heterocycles. The maximum absolute atomic E-state index is 6.94. The molecule has 0 fully saturated rings. The number of ether oxygens (including phenoxy) is 1. The lowest BCUT2D eigenvalue weighted by molar-refractivity contribution is 0.488. The highest BCUT2D eigenvalue weighted by molar-refractivity contribution is 6.11. The van der Waals surface area contributed by atoms with Crippen molar-refractivity contribution >= 4 is 27.8 Å². The van der Waals surface area contributed by atoms with Gasteiger partial charge >= 0.3 is 0 Å². The van der Waals surface area contributed by atoms with Crippen LogP contribution in [-0.2, 0) is 0 Å². The van der Waals surface area contributed by atoms with Gasteiger partial charge in [-0.1, -0.05) is 152 Å². The van der Waals surface area contributed by atoms with Crippen LogP contribution in [-0.4, -0.2) is 9.97 Å². The largest absolute Gasteiger partial charge is 0.455 e. The molecular weight excluding hydrogens is 659 g/mol. The molecule has 0 bridgehead atoms. The molecule has 8 aromatic carbocycles. The second kappa shape index (κ2) is 13.4. The molecule has 0 radical (unpaired) electrons. The number of fused-ring (bicyclic) bond motifs is 2. The van der Waals surface area contributed by atoms with E-state index >= 15 is 0 Å². The van der Waals surface area contributed by atoms with Crippen molar-refractivity contribution in [2.45, 2.75) is 0 Å². The molecule has 4 heteroatoms. The molecule has 0 unspecified atom stereocenters. The third kappa shape index (κ3) is 5.58. The number of anilines is 3. The molecule has 0 saturated heterocycles. The van der Waals surface area contributed by atoms with E-state index in [-0.39, 0.29) is 0 Å². The summed E-state index contributed by atoms with van der Waals surface area (Å²) in [5.74, 6) is 2.18. The van der Waals surface area contributed by atoms with Crippen molar-refractivity contribution < 1.29 is 4.74 Å². The molecule has 0 saturated carbocycles. The van der Waals surface area contributed by atoms with Crippen molar-refractivity contribution in [1.82, 2.24) is 9.97 Å². The number of hydrogen-bond donors (Lipinski definition) is 0. The zero-order chi connectivity index (χ0) is 35.8. The van der Waals surface area contributed by atoms with Gasteiger partial charge in [0.1, 0.15) is 11.5 Å². The van der Waals surface area contributed by atoms with Crippen LogP contribution < -0.4 is 9.64 Å². The third-order valence-electron chi connectivity index (χ3n) is 10.1. The lowest BCUT2D eigenvalue weighted by Gasteiger charge is -2.29. The summed E-state index contributed by atoms with van der Waals surface area (Å²) in [4.78, 5) is 12.6. The van der Waals surface area contributed by atoms with E-state index in [1.165, 1.54) is 11.1 Å². The highest BCUT2D eigenvalue weighted by Gasteiger charge is 2.27. The minimum Gasteiger partial charge on any atom is -0.455 e. The summed E-state index contributed by atoms with van der Waals surface area (Å²) in [7, 11) is 0. The van der Waals surface area contributed by atoms with E-state index in [4.69, 9.17) is 14.7 Å². The van der Waals surface area contributed by atoms with Gasteiger partial charge in [0.25, 0.3) is 0 Å². The molecule has 0 atom stereocenters. The minimum absolute atomic E-state index is 0.619. The quantitative estimate of drug-likeness (QED) is 0.167. The van der Waals surface area contributed by atoms with Crippen molar-refractivity contribution in [3.63, 3.8) is 0 Å². The lowest BCUT2D eigenvalue weighted by Crippen LogP contribution is -2.11. The fourth-order valence-electron chi connectivity index (χ4n) is 7.53. The van der Waals surface area contributed by atoms with Crippen LogP contribution in [0.4, 0.5) is 17.1 Å². The normalized spacial score (nSPS) is 11.5. The molecule has 0 N–H and O–H groups in total. The van der Waals surface area contributed by atoms with E-state index in [9.17, 15) is 0 Å². The van der Waals surface area contributed by atoms with Gasteiger partial charge in [0.15, 0.2) is 5.82 Å². The van der Waals surface area contributed by atoms with Crippen LogP contribution in [0.3, 0.4) is 0 Å². The van der Waals surface area contributed by atoms with Gasteiger partial charge in [-0.3, -0.25) is 0 Å². The summed E-state index contributed by atoms with van der Waals surface area (Å²) < 4.78 is 6.94. The van der Waals surface area contributed by atoms with Crippen molar-refractivity contribution in [2.24, 2.45) is 0 Å². The highest BCUT2D eigenvalue weighted by Crippen LogP contribution is 2.52. The Kier molecular flexibility index (Phi) is 7.77. The highest BCUT2D eigenvalue weighted by atomic mass is 16.5. The van der Waals surface area contributed by atoms with Crippen LogP contribution in [0.5, 0.6) is 11.5 Å². The molecule has 4 nitrogen and oxygen atoms in total. The summed E-state index contributed by atoms with van der Waals surface area (Å²) in [6, 6.07) is 69.6. The molecule has 54 heavy (non-hydrogen) atoms. The predicted molar refractivity (Wildman–Crippen MR) is 221 cm³/mol. The van der Waals surface area contributed by atoms with Gasteiger partial charge in [0, 0.05) is 38.8 Å². The summed E-state index contributed by atoms with van der Waals surface area (Å²) in [5, 5.41) is 2.18. The lowest BCUT2D eigenvalue weighted by atomic mass is 9.92. The molecule has 9 aromatic rings. The van der Waals surface area contributed by atoms with E-state index in [1.807, 2.05) is 36.4 Å². The van der Waals surface area contributed by atoms with Crippen LogP contribution >= 0.6 is 0 Å². The monoisotopic (exact) mass is 691 g/mol. The number of para-hydroxylation sites is 2. The second-order valence-corrected chi connectivity index (χ2v) is 13.4. The van der Waals surface area contributed by atoms with Crippen molar-refractivity contribution in [3.05, 3.63) is 200 Å². The zero-order valence-corrected chi connectivity index (χ0v) is 29.3. The molecule has 1 aliphatic rings. The fraction of sp³-hybridized carbons (Fsp3) is 0. The summed E-state index contributed by atoms with van der Waals surface area (Å²) >= 11 is 0. The van der Waals surface area contributed by atoms with Gasteiger partial charge in [-0.25, -0.2) is 9.97 Å². The van der Waals surface area contributed by atoms with Crippen molar-refractivity contribution in [3.8, 4) is 67.7 Å². The van der Waals surface area contributed by atoms with Gasteiger partial charge in [0.05, 0.1) is 22.6 Å². The van der Waals surface area contributed by atoms with Gasteiger partial charge in [-0.05, 0) is 65.2 Å². The van der Waals surface area contributed by atoms with Crippen molar-refractivity contribution in [1.29, 1.82) is 0 Å². The van der Waals surface area contributed by atoms with Crippen LogP contribution in [0.25, 0.3) is 66.9 Å². The van der Waals surface area contributed by atoms with Gasteiger partial charge in [0.2, 0.25) is 0 Å². The molecule has 10 rings (SSSR count). The predicted octanol–water partition coefficient (Wildman–Crippen LogP) is 13.5. The van der Waals surface area contributed by atoms with Gasteiger partial charge in [-0.2, -0.15) is 0 Å². The topological polar surface area (TPSA) is 38.2 Å². The molecular formula is C50H33N3O. The van der Waals surface area contributed by atoms with Crippen LogP contribution in [0.1, 0.15) is 0 Å². The Balaban J connectivity index is 1.12. The summed E-state index contributed by atoms with van der Waals surface area (Å²) in [6.07, 6.45) is 0. The molecule has 0 amide bonds. The number of nitrogens with zero attached hydrogens (tertiary/aromatic N) is 3. The van der Waals surface area contributed by atoms with Gasteiger partial charge in [-0.15, -0.1) is 0 Å². The van der Waals surface area contributed by atoms with E-state index in [0.29, 0.717) is 5.82 Å². The van der Waals surface area contributed by atoms with Crippen LogP contribution in [0.15, 0.2) is 200 Å². The second-order valence-electron chi connectivity index (χ2n) is 13.4. The standard InChI is InChI=1S/C50H33N3O/c1-5-15-34(16-6-1)35-27-29-39(30-28-35)53(38-21-11-4-12-22-38)46-31-32-47-48-40(23-13-25-42(46)48)41-24-14-26-43(49(41)54-47)50-51-44(36-17-7-2-8-18-36)33-45(52-50)37-19-9-3-10-20-37/h1-33H. The molecule has 1 aromatic heterocycles. The Bertz CT molecular complexity index is 2710. The zero-order valence-electron chi connectivity index (χ0n) is 29.3. The summed E-state index contributed by atoms with van der Waals surface area (Å²) in [6.45, 7) is 0. The fourth-order valence-corrected chi connectivity index (χ4v) is 7.53. The first kappa shape index (κ1) is 31.4. The first-order valence-electron chi connectivity index (χ1n) is 18.2. The Morgan fingerprint density at radius 1 is 0.389 bits per heavy atom. The van der Waals surface area contributed by atoms with Crippen molar-refractivity contribution in [2.75, 3.05) is 4.90 Å². The molecule has 0 aliphatic carbocycles. The maximum Gasteiger partial charge on any atom is 0.164 e. The Morgan fingerprint density at radius 2 is 0.907 bits per heavy atom. The van der Waals surface area contributed by atoms with Crippen LogP contribution in [0.2, 0.25) is 0 Å². The maximum atomic E-state index is 6.94.